The SMILES string of the molecule is C1CCC(P(C2CCCCC2)C2CCCC2)CC1.C1CCC(P(C2CCCCC2)C2CCCC2)CC1.CC(C)[C@@H]1CC[C@@H](C)C[C@H]1[P+](=O)C1CCCC1.CC(C)[C@@H]1CC[C@@H](C)C[C@H]1[P+](=O)C1CCCC1.[CH3-].[CH3-].[CH3-].[CH3-].[Fe+2].[Fe+2]. The van der Waals surface area contributed by atoms with Crippen LogP contribution in [0.15, 0.2) is 0 Å². The third-order valence-electron chi connectivity index (χ3n) is 21.5. The van der Waals surface area contributed by atoms with Crippen molar-refractivity contribution >= 4 is 31.4 Å². The largest absolute Gasteiger partial charge is 2.00 e. The van der Waals surface area contributed by atoms with Gasteiger partial charge >= 0.3 is 49.7 Å². The van der Waals surface area contributed by atoms with E-state index in [1.165, 1.54) is 150 Å². The van der Waals surface area contributed by atoms with Gasteiger partial charge in [0.2, 0.25) is 0 Å². The molecule has 448 valence electrons. The van der Waals surface area contributed by atoms with Gasteiger partial charge in [-0.2, -0.15) is 0 Å². The first-order valence-electron chi connectivity index (χ1n) is 32.5. The van der Waals surface area contributed by atoms with E-state index in [9.17, 15) is 9.13 Å². The van der Waals surface area contributed by atoms with Gasteiger partial charge in [-0.15, -0.1) is 0 Å². The van der Waals surface area contributed by atoms with Crippen LogP contribution < -0.4 is 0 Å². The number of rotatable bonds is 12. The van der Waals surface area contributed by atoms with Crippen molar-refractivity contribution in [2.75, 3.05) is 0 Å². The van der Waals surface area contributed by atoms with Gasteiger partial charge in [0.15, 0.2) is 22.6 Å². The Bertz CT molecular complexity index is 1300. The van der Waals surface area contributed by atoms with E-state index in [0.29, 0.717) is 50.3 Å². The van der Waals surface area contributed by atoms with Crippen molar-refractivity contribution in [2.24, 2.45) is 35.5 Å². The summed E-state index contributed by atoms with van der Waals surface area (Å²) >= 11 is 0. The Morgan fingerprint density at radius 3 is 0.711 bits per heavy atom. The first-order chi connectivity index (χ1) is 34.1. The molecule has 10 aliphatic rings. The molecule has 10 fully saturated rings. The molecular formula is C68H130Fe2O2P4+2. The zero-order chi connectivity index (χ0) is 49.2. The second-order valence-corrected chi connectivity index (χ2v) is 37.7. The van der Waals surface area contributed by atoms with Crippen molar-refractivity contribution in [3.8, 4) is 0 Å². The molecule has 0 heterocycles. The van der Waals surface area contributed by atoms with Crippen molar-refractivity contribution in [1.29, 1.82) is 0 Å². The minimum atomic E-state index is -0.948. The summed E-state index contributed by atoms with van der Waals surface area (Å²) in [5, 5.41) is 0. The van der Waals surface area contributed by atoms with Gasteiger partial charge in [-0.25, -0.2) is 0 Å². The Labute approximate surface area is 504 Å². The van der Waals surface area contributed by atoms with Crippen molar-refractivity contribution < 1.29 is 43.3 Å². The van der Waals surface area contributed by atoms with Gasteiger partial charge in [0.1, 0.15) is 0 Å². The van der Waals surface area contributed by atoms with Crippen molar-refractivity contribution in [1.82, 2.24) is 0 Å². The second-order valence-electron chi connectivity index (χ2n) is 27.3. The Kier molecular flexibility index (Phi) is 41.3. The molecule has 0 aromatic rings. The van der Waals surface area contributed by atoms with E-state index in [-0.39, 0.29) is 63.8 Å². The molecule has 0 aromatic heterocycles. The molecule has 0 radical (unpaired) electrons. The zero-order valence-electron chi connectivity index (χ0n) is 52.2. The van der Waals surface area contributed by atoms with Crippen LogP contribution in [0.25, 0.3) is 0 Å². The fourth-order valence-corrected chi connectivity index (χ4v) is 32.5. The summed E-state index contributed by atoms with van der Waals surface area (Å²) in [7, 11) is -1.09. The van der Waals surface area contributed by atoms with Crippen molar-refractivity contribution in [3.05, 3.63) is 29.7 Å². The normalized spacial score (nSPS) is 30.1. The summed E-state index contributed by atoms with van der Waals surface area (Å²) in [6.07, 6.45) is 62.2. The molecule has 2 nitrogen and oxygen atoms in total. The molecule has 0 aromatic carbocycles. The van der Waals surface area contributed by atoms with E-state index in [4.69, 9.17) is 0 Å². The van der Waals surface area contributed by atoms with Crippen LogP contribution in [0.2, 0.25) is 0 Å². The van der Waals surface area contributed by atoms with Crippen LogP contribution in [-0.4, -0.2) is 56.6 Å². The molecule has 0 saturated heterocycles. The Hall–Kier alpha value is 2.10. The van der Waals surface area contributed by atoms with Gasteiger partial charge in [0.25, 0.3) is 0 Å². The molecule has 0 amide bonds. The van der Waals surface area contributed by atoms with Crippen LogP contribution in [0.1, 0.15) is 311 Å². The zero-order valence-corrected chi connectivity index (χ0v) is 58.0. The average molecular weight is 1220 g/mol. The summed E-state index contributed by atoms with van der Waals surface area (Å²) < 4.78 is 25.6. The fourth-order valence-electron chi connectivity index (χ4n) is 17.5. The topological polar surface area (TPSA) is 34.1 Å². The third kappa shape index (κ3) is 23.2. The quantitative estimate of drug-likeness (QED) is 0.111. The third-order valence-corrected chi connectivity index (χ3v) is 34.6. The minimum absolute atomic E-state index is 0. The van der Waals surface area contributed by atoms with Crippen LogP contribution in [0.5, 0.6) is 0 Å². The molecule has 8 atom stereocenters. The molecule has 10 rings (SSSR count). The van der Waals surface area contributed by atoms with Gasteiger partial charge in [-0.05, 0) is 212 Å². The number of hydrogen-bond donors (Lipinski definition) is 0. The summed E-state index contributed by atoms with van der Waals surface area (Å²) in [5.74, 6) is 4.50. The predicted molar refractivity (Wildman–Crippen MR) is 341 cm³/mol. The summed E-state index contributed by atoms with van der Waals surface area (Å²) in [5.41, 5.74) is 9.40. The molecule has 0 bridgehead atoms. The Morgan fingerprint density at radius 1 is 0.303 bits per heavy atom. The van der Waals surface area contributed by atoms with Gasteiger partial charge in [-0.1, -0.05) is 182 Å². The van der Waals surface area contributed by atoms with Crippen molar-refractivity contribution in [3.63, 3.8) is 0 Å². The first kappa shape index (κ1) is 76.1. The van der Waals surface area contributed by atoms with E-state index in [1.54, 1.807) is 154 Å². The number of hydrogen-bond acceptors (Lipinski definition) is 2. The maximum atomic E-state index is 12.8. The molecule has 76 heavy (non-hydrogen) atoms. The first-order valence-corrected chi connectivity index (χ1v) is 38.4. The monoisotopic (exact) mass is 1210 g/mol. The van der Waals surface area contributed by atoms with Gasteiger partial charge in [0.05, 0.1) is 0 Å². The van der Waals surface area contributed by atoms with Crippen LogP contribution in [0.3, 0.4) is 0 Å². The van der Waals surface area contributed by atoms with Crippen LogP contribution in [-0.2, 0) is 43.3 Å². The second kappa shape index (κ2) is 41.2. The molecule has 10 saturated carbocycles. The Balaban J connectivity index is 0.000000494. The summed E-state index contributed by atoms with van der Waals surface area (Å²) in [6.45, 7) is 14.0. The van der Waals surface area contributed by atoms with E-state index >= 15 is 0 Å². The van der Waals surface area contributed by atoms with Gasteiger partial charge < -0.3 is 29.7 Å². The maximum Gasteiger partial charge on any atom is 2.00 e. The fraction of sp³-hybridized carbons (Fsp3) is 0.941. The van der Waals surface area contributed by atoms with E-state index in [1.807, 2.05) is 0 Å². The van der Waals surface area contributed by atoms with Gasteiger partial charge in [0, 0.05) is 11.8 Å². The van der Waals surface area contributed by atoms with E-state index in [0.717, 1.165) is 23.7 Å². The predicted octanol–water partition coefficient (Wildman–Crippen LogP) is 24.4. The van der Waals surface area contributed by atoms with E-state index < -0.39 is 15.6 Å². The Morgan fingerprint density at radius 2 is 0.500 bits per heavy atom. The average Bonchev–Trinajstić information content (AvgIpc) is 4.26. The standard InChI is InChI=1S/2C17H31P.2C15H28OP.4CH3.2Fe/c2*1-3-9-15(10-4-1)18(17-13-7-8-14-17)16-11-5-2-6-12-16;2*1-11(2)14-9-8-12(3)10-15(14)17(16)13-6-4-5-7-13;;;;;;/h2*15-17H,1-14H2;2*11-15H,4-10H2,1-3H3;4*1H3;;/q;;2*+1;4*-1;2*+2/t;;2*12-,14+,15-;;;;;;/m..11....../s1. The van der Waals surface area contributed by atoms with Crippen LogP contribution >= 0.6 is 31.4 Å². The summed E-state index contributed by atoms with van der Waals surface area (Å²) in [4.78, 5) is 0. The van der Waals surface area contributed by atoms with Crippen LogP contribution in [0.4, 0.5) is 0 Å². The molecule has 0 spiro atoms. The molecule has 8 heteroatoms. The van der Waals surface area contributed by atoms with Crippen LogP contribution in [0, 0.1) is 65.2 Å². The molecular weight excluding hydrogens is 1080 g/mol. The summed E-state index contributed by atoms with van der Waals surface area (Å²) in [6, 6.07) is 0. The molecule has 2 unspecified atom stereocenters. The molecule has 0 N–H and O–H groups in total. The minimum Gasteiger partial charge on any atom is -0.358 e. The van der Waals surface area contributed by atoms with Crippen molar-refractivity contribution in [2.45, 2.75) is 368 Å². The van der Waals surface area contributed by atoms with Gasteiger partial charge in [-0.3, -0.25) is 0 Å². The van der Waals surface area contributed by atoms with E-state index in [2.05, 4.69) is 41.5 Å². The maximum absolute atomic E-state index is 12.8. The molecule has 0 aliphatic heterocycles. The smallest absolute Gasteiger partial charge is 0.358 e. The molecule has 10 aliphatic carbocycles.